The van der Waals surface area contributed by atoms with Crippen molar-refractivity contribution in [3.8, 4) is 0 Å². The quantitative estimate of drug-likeness (QED) is 0.587. The lowest BCUT2D eigenvalue weighted by Gasteiger charge is -2.31. The minimum atomic E-state index is -0.931. The fourth-order valence-electron chi connectivity index (χ4n) is 2.51. The number of Topliss-reactive ketones (excluding diaryl/α,β-unsaturated/α-hetero) is 1. The highest BCUT2D eigenvalue weighted by atomic mass is 16.6. The Morgan fingerprint density at radius 3 is 2.38 bits per heavy atom. The van der Waals surface area contributed by atoms with Crippen molar-refractivity contribution in [3.63, 3.8) is 0 Å². The van der Waals surface area contributed by atoms with Crippen LogP contribution in [-0.2, 0) is 19.1 Å². The Morgan fingerprint density at radius 1 is 1.29 bits per heavy atom. The number of carbonyl (C=O) groups excluding carboxylic acids is 3. The van der Waals surface area contributed by atoms with E-state index in [2.05, 4.69) is 0 Å². The molecule has 0 saturated carbocycles. The van der Waals surface area contributed by atoms with E-state index in [9.17, 15) is 14.4 Å². The van der Waals surface area contributed by atoms with Gasteiger partial charge in [0.05, 0.1) is 12.6 Å². The minimum absolute atomic E-state index is 0.210. The fraction of sp³-hybridized carbons (Fsp3) is 0.800. The Labute approximate surface area is 125 Å². The zero-order chi connectivity index (χ0) is 16.2. The lowest BCUT2D eigenvalue weighted by atomic mass is 9.94. The molecule has 1 aliphatic rings. The van der Waals surface area contributed by atoms with E-state index in [-0.39, 0.29) is 12.4 Å². The van der Waals surface area contributed by atoms with E-state index < -0.39 is 29.6 Å². The predicted molar refractivity (Wildman–Crippen MR) is 76.8 cm³/mol. The molecule has 21 heavy (non-hydrogen) atoms. The topological polar surface area (TPSA) is 72.9 Å². The molecule has 0 N–H and O–H groups in total. The van der Waals surface area contributed by atoms with Gasteiger partial charge >= 0.3 is 12.1 Å². The molecule has 1 saturated heterocycles. The molecule has 0 spiro atoms. The summed E-state index contributed by atoms with van der Waals surface area (Å²) >= 11 is 0. The van der Waals surface area contributed by atoms with Crippen LogP contribution >= 0.6 is 0 Å². The van der Waals surface area contributed by atoms with Crippen LogP contribution in [0.4, 0.5) is 4.79 Å². The molecule has 2 atom stereocenters. The molecule has 0 aromatic carbocycles. The van der Waals surface area contributed by atoms with Gasteiger partial charge < -0.3 is 14.4 Å². The van der Waals surface area contributed by atoms with Gasteiger partial charge in [0.1, 0.15) is 17.3 Å². The number of esters is 1. The number of hydrogen-bond acceptors (Lipinski definition) is 5. The van der Waals surface area contributed by atoms with E-state index in [4.69, 9.17) is 9.47 Å². The van der Waals surface area contributed by atoms with E-state index in [1.54, 1.807) is 27.7 Å². The highest BCUT2D eigenvalue weighted by molar-refractivity contribution is 5.99. The van der Waals surface area contributed by atoms with Gasteiger partial charge in [-0.1, -0.05) is 0 Å². The van der Waals surface area contributed by atoms with Gasteiger partial charge in [0.25, 0.3) is 0 Å². The Hall–Kier alpha value is -1.59. The SMILES string of the molecule is CCOC(=O)C(C(C)=O)C1CCCN1C(=O)OC(C)(C)C. The number of rotatable bonds is 4. The standard InChI is InChI=1S/C15H25NO5/c1-6-20-13(18)12(10(2)17)11-8-7-9-16(11)14(19)21-15(3,4)5/h11-12H,6-9H2,1-5H3. The molecular formula is C15H25NO5. The highest BCUT2D eigenvalue weighted by Gasteiger charge is 2.43. The van der Waals surface area contributed by atoms with Gasteiger partial charge in [0.2, 0.25) is 0 Å². The fourth-order valence-corrected chi connectivity index (χ4v) is 2.51. The second-order valence-electron chi connectivity index (χ2n) is 6.22. The van der Waals surface area contributed by atoms with Crippen LogP contribution in [0.2, 0.25) is 0 Å². The first-order valence-corrected chi connectivity index (χ1v) is 7.34. The molecule has 1 aliphatic heterocycles. The number of nitrogens with zero attached hydrogens (tertiary/aromatic N) is 1. The molecule has 1 amide bonds. The van der Waals surface area contributed by atoms with Crippen LogP contribution in [0.3, 0.4) is 0 Å². The van der Waals surface area contributed by atoms with Crippen molar-refractivity contribution in [2.45, 2.75) is 59.1 Å². The molecule has 120 valence electrons. The summed E-state index contributed by atoms with van der Waals surface area (Å²) < 4.78 is 10.3. The summed E-state index contributed by atoms with van der Waals surface area (Å²) in [7, 11) is 0. The Kier molecular flexibility index (Phi) is 5.75. The van der Waals surface area contributed by atoms with Crippen LogP contribution in [0.5, 0.6) is 0 Å². The van der Waals surface area contributed by atoms with Gasteiger partial charge in [0.15, 0.2) is 0 Å². The van der Waals surface area contributed by atoms with Crippen LogP contribution in [-0.4, -0.2) is 47.5 Å². The molecule has 0 aromatic heterocycles. The average molecular weight is 299 g/mol. The molecule has 1 fully saturated rings. The third kappa shape index (κ3) is 4.72. The van der Waals surface area contributed by atoms with E-state index in [1.165, 1.54) is 11.8 Å². The van der Waals surface area contributed by atoms with Gasteiger partial charge in [-0.3, -0.25) is 9.59 Å². The molecule has 1 heterocycles. The number of hydrogen-bond donors (Lipinski definition) is 0. The second-order valence-corrected chi connectivity index (χ2v) is 6.22. The monoisotopic (exact) mass is 299 g/mol. The van der Waals surface area contributed by atoms with Crippen LogP contribution in [0.25, 0.3) is 0 Å². The zero-order valence-corrected chi connectivity index (χ0v) is 13.5. The molecule has 6 nitrogen and oxygen atoms in total. The molecular weight excluding hydrogens is 274 g/mol. The van der Waals surface area contributed by atoms with Crippen molar-refractivity contribution in [1.29, 1.82) is 0 Å². The summed E-state index contributed by atoms with van der Waals surface area (Å²) in [6.45, 7) is 9.09. The zero-order valence-electron chi connectivity index (χ0n) is 13.5. The minimum Gasteiger partial charge on any atom is -0.465 e. The first-order valence-electron chi connectivity index (χ1n) is 7.34. The van der Waals surface area contributed by atoms with Crippen LogP contribution in [0.1, 0.15) is 47.5 Å². The molecule has 0 aliphatic carbocycles. The Morgan fingerprint density at radius 2 is 1.90 bits per heavy atom. The summed E-state index contributed by atoms with van der Waals surface area (Å²) in [4.78, 5) is 37.5. The lowest BCUT2D eigenvalue weighted by Crippen LogP contribution is -2.47. The van der Waals surface area contributed by atoms with Crippen LogP contribution < -0.4 is 0 Å². The Bertz CT molecular complexity index is 413. The van der Waals surface area contributed by atoms with Crippen LogP contribution in [0.15, 0.2) is 0 Å². The maximum Gasteiger partial charge on any atom is 0.410 e. The van der Waals surface area contributed by atoms with E-state index in [1.807, 2.05) is 0 Å². The maximum atomic E-state index is 12.2. The van der Waals surface area contributed by atoms with Gasteiger partial charge in [-0.25, -0.2) is 4.79 Å². The third-order valence-electron chi connectivity index (χ3n) is 3.29. The maximum absolute atomic E-state index is 12.2. The normalized spacial score (nSPS) is 20.0. The van der Waals surface area contributed by atoms with E-state index in [0.29, 0.717) is 13.0 Å². The number of carbonyl (C=O) groups is 3. The summed E-state index contributed by atoms with van der Waals surface area (Å²) in [5.74, 6) is -1.78. The molecule has 0 bridgehead atoms. The lowest BCUT2D eigenvalue weighted by molar-refractivity contribution is -0.153. The first-order chi connectivity index (χ1) is 9.67. The van der Waals surface area contributed by atoms with Crippen molar-refractivity contribution in [1.82, 2.24) is 4.90 Å². The van der Waals surface area contributed by atoms with Gasteiger partial charge in [-0.05, 0) is 47.5 Å². The van der Waals surface area contributed by atoms with Crippen molar-refractivity contribution >= 4 is 17.8 Å². The van der Waals surface area contributed by atoms with Crippen molar-refractivity contribution < 1.29 is 23.9 Å². The summed E-state index contributed by atoms with van der Waals surface area (Å²) in [5, 5.41) is 0. The van der Waals surface area contributed by atoms with Gasteiger partial charge in [-0.15, -0.1) is 0 Å². The van der Waals surface area contributed by atoms with Crippen molar-refractivity contribution in [2.24, 2.45) is 5.92 Å². The Balaban J connectivity index is 2.89. The molecule has 1 rings (SSSR count). The van der Waals surface area contributed by atoms with Gasteiger partial charge in [0, 0.05) is 6.54 Å². The number of ketones is 1. The number of ether oxygens (including phenoxy) is 2. The summed E-state index contributed by atoms with van der Waals surface area (Å²) in [5.41, 5.74) is -0.611. The second kappa shape index (κ2) is 6.91. The van der Waals surface area contributed by atoms with Crippen molar-refractivity contribution in [3.05, 3.63) is 0 Å². The summed E-state index contributed by atoms with van der Waals surface area (Å²) in [6, 6.07) is -0.476. The van der Waals surface area contributed by atoms with Crippen LogP contribution in [0, 0.1) is 5.92 Å². The largest absolute Gasteiger partial charge is 0.465 e. The van der Waals surface area contributed by atoms with Crippen molar-refractivity contribution in [2.75, 3.05) is 13.2 Å². The number of amides is 1. The molecule has 2 unspecified atom stereocenters. The molecule has 0 aromatic rings. The number of likely N-dealkylation sites (tertiary alicyclic amines) is 1. The predicted octanol–water partition coefficient (Wildman–Crippen LogP) is 2.15. The highest BCUT2D eigenvalue weighted by Crippen LogP contribution is 2.27. The average Bonchev–Trinajstić information content (AvgIpc) is 2.75. The molecule has 6 heteroatoms. The van der Waals surface area contributed by atoms with E-state index >= 15 is 0 Å². The first kappa shape index (κ1) is 17.5. The van der Waals surface area contributed by atoms with E-state index in [0.717, 1.165) is 6.42 Å². The molecule has 0 radical (unpaired) electrons. The van der Waals surface area contributed by atoms with Gasteiger partial charge in [-0.2, -0.15) is 0 Å². The summed E-state index contributed by atoms with van der Waals surface area (Å²) in [6.07, 6.45) is 0.857. The smallest absolute Gasteiger partial charge is 0.410 e. The third-order valence-corrected chi connectivity index (χ3v) is 3.29.